The minimum Gasteiger partial charge on any atom is -0.462 e. The Morgan fingerprint density at radius 2 is 1.08 bits per heavy atom. The summed E-state index contributed by atoms with van der Waals surface area (Å²) < 4.78 is 10.7. The molecule has 4 heteroatoms. The van der Waals surface area contributed by atoms with Crippen LogP contribution in [0.4, 0.5) is 0 Å². The van der Waals surface area contributed by atoms with Gasteiger partial charge in [0.25, 0.3) is 0 Å². The van der Waals surface area contributed by atoms with Crippen molar-refractivity contribution >= 4 is 11.9 Å². The van der Waals surface area contributed by atoms with Gasteiger partial charge >= 0.3 is 11.9 Å². The van der Waals surface area contributed by atoms with Gasteiger partial charge in [-0.3, -0.25) is 0 Å². The van der Waals surface area contributed by atoms with Crippen LogP contribution < -0.4 is 0 Å². The van der Waals surface area contributed by atoms with Gasteiger partial charge in [-0.15, -0.1) is 0 Å². The molecule has 0 aromatic heterocycles. The lowest BCUT2D eigenvalue weighted by molar-refractivity contribution is -0.142. The summed E-state index contributed by atoms with van der Waals surface area (Å²) in [5, 5.41) is 0. The summed E-state index contributed by atoms with van der Waals surface area (Å²) in [5.41, 5.74) is 0.632. The van der Waals surface area contributed by atoms with E-state index in [-0.39, 0.29) is 11.8 Å². The molecule has 0 rings (SSSR count). The molecule has 0 saturated heterocycles. The Hall–Kier alpha value is -1.58. The molecule has 0 amide bonds. The number of carbonyl (C=O) groups is 2. The molecule has 0 aliphatic rings. The van der Waals surface area contributed by atoms with Gasteiger partial charge < -0.3 is 9.47 Å². The van der Waals surface area contributed by atoms with Crippen LogP contribution in [0.2, 0.25) is 0 Å². The standard InChI is InChI=1S/C20H34O4/c1-7-9-11-23-19(21)17(13-15(3)4)18(14-16(5)6)20(22)24-12-10-8-2/h13-16H,7-12H2,1-6H3. The second-order valence-electron chi connectivity index (χ2n) is 6.63. The van der Waals surface area contributed by atoms with Crippen molar-refractivity contribution in [2.75, 3.05) is 13.2 Å². The smallest absolute Gasteiger partial charge is 0.338 e. The quantitative estimate of drug-likeness (QED) is 0.234. The average molecular weight is 338 g/mol. The summed E-state index contributed by atoms with van der Waals surface area (Å²) in [5.74, 6) is -0.650. The van der Waals surface area contributed by atoms with Crippen molar-refractivity contribution in [3.8, 4) is 0 Å². The van der Waals surface area contributed by atoms with Crippen molar-refractivity contribution in [1.29, 1.82) is 0 Å². The van der Waals surface area contributed by atoms with Crippen LogP contribution in [0, 0.1) is 11.8 Å². The predicted octanol–water partition coefficient (Wildman–Crippen LogP) is 4.84. The van der Waals surface area contributed by atoms with E-state index in [4.69, 9.17) is 9.47 Å². The zero-order chi connectivity index (χ0) is 18.5. The minimum absolute atomic E-state index is 0.123. The predicted molar refractivity (Wildman–Crippen MR) is 97.6 cm³/mol. The lowest BCUT2D eigenvalue weighted by Gasteiger charge is -2.14. The third-order valence-electron chi connectivity index (χ3n) is 3.19. The number of esters is 2. The molecule has 0 heterocycles. The zero-order valence-corrected chi connectivity index (χ0v) is 16.2. The molecule has 24 heavy (non-hydrogen) atoms. The van der Waals surface area contributed by atoms with E-state index in [0.717, 1.165) is 25.7 Å². The Labute approximate surface area is 147 Å². The SMILES string of the molecule is CCCCOC(=O)C(=CC(C)C)C(=CC(C)C)C(=O)OCCCC. The molecule has 0 aromatic carbocycles. The highest BCUT2D eigenvalue weighted by atomic mass is 16.5. The third-order valence-corrected chi connectivity index (χ3v) is 3.19. The molecule has 138 valence electrons. The average Bonchev–Trinajstić information content (AvgIpc) is 2.50. The monoisotopic (exact) mass is 338 g/mol. The number of carbonyl (C=O) groups excluding carboxylic acids is 2. The first-order chi connectivity index (χ1) is 11.3. The molecule has 0 N–H and O–H groups in total. The molecule has 0 atom stereocenters. The van der Waals surface area contributed by atoms with E-state index in [1.807, 2.05) is 41.5 Å². The lowest BCUT2D eigenvalue weighted by Crippen LogP contribution is -2.19. The van der Waals surface area contributed by atoms with Crippen LogP contribution in [0.1, 0.15) is 67.2 Å². The number of rotatable bonds is 11. The Kier molecular flexibility index (Phi) is 12.0. The Bertz CT molecular complexity index is 403. The van der Waals surface area contributed by atoms with Crippen molar-refractivity contribution in [1.82, 2.24) is 0 Å². The molecular formula is C20H34O4. The van der Waals surface area contributed by atoms with Crippen LogP contribution in [0.25, 0.3) is 0 Å². The molecule has 0 bridgehead atoms. The van der Waals surface area contributed by atoms with E-state index in [0.29, 0.717) is 24.4 Å². The number of hydrogen-bond acceptors (Lipinski definition) is 4. The van der Waals surface area contributed by atoms with Crippen LogP contribution in [-0.4, -0.2) is 25.2 Å². The van der Waals surface area contributed by atoms with Crippen molar-refractivity contribution in [3.63, 3.8) is 0 Å². The van der Waals surface area contributed by atoms with E-state index in [1.54, 1.807) is 12.2 Å². The van der Waals surface area contributed by atoms with Crippen LogP contribution in [0.5, 0.6) is 0 Å². The van der Waals surface area contributed by atoms with Gasteiger partial charge in [-0.1, -0.05) is 66.5 Å². The largest absolute Gasteiger partial charge is 0.462 e. The lowest BCUT2D eigenvalue weighted by atomic mass is 9.98. The molecule has 0 aromatic rings. The van der Waals surface area contributed by atoms with Gasteiger partial charge in [0.15, 0.2) is 0 Å². The van der Waals surface area contributed by atoms with Gasteiger partial charge in [-0.25, -0.2) is 9.59 Å². The first-order valence-corrected chi connectivity index (χ1v) is 9.11. The summed E-state index contributed by atoms with van der Waals surface area (Å²) in [7, 11) is 0. The van der Waals surface area contributed by atoms with Crippen molar-refractivity contribution < 1.29 is 19.1 Å². The second kappa shape index (κ2) is 12.8. The summed E-state index contributed by atoms with van der Waals surface area (Å²) in [6.07, 6.45) is 7.08. The highest BCUT2D eigenvalue weighted by Crippen LogP contribution is 2.20. The van der Waals surface area contributed by atoms with Gasteiger partial charge in [-0.05, 0) is 24.7 Å². The Morgan fingerprint density at radius 3 is 1.33 bits per heavy atom. The van der Waals surface area contributed by atoms with Gasteiger partial charge in [0.05, 0.1) is 24.4 Å². The molecule has 0 spiro atoms. The molecule has 0 unspecified atom stereocenters. The van der Waals surface area contributed by atoms with E-state index in [9.17, 15) is 9.59 Å². The van der Waals surface area contributed by atoms with E-state index >= 15 is 0 Å². The topological polar surface area (TPSA) is 52.6 Å². The molecule has 0 aliphatic heterocycles. The van der Waals surface area contributed by atoms with Crippen molar-refractivity contribution in [2.45, 2.75) is 67.2 Å². The molecule has 0 saturated carbocycles. The second-order valence-corrected chi connectivity index (χ2v) is 6.63. The van der Waals surface area contributed by atoms with Crippen LogP contribution in [0.3, 0.4) is 0 Å². The minimum atomic E-state index is -0.448. The normalized spacial score (nSPS) is 12.7. The van der Waals surface area contributed by atoms with Crippen LogP contribution >= 0.6 is 0 Å². The zero-order valence-electron chi connectivity index (χ0n) is 16.2. The fourth-order valence-corrected chi connectivity index (χ4v) is 1.98. The Balaban J connectivity index is 5.44. The maximum Gasteiger partial charge on any atom is 0.338 e. The summed E-state index contributed by atoms with van der Waals surface area (Å²) in [6, 6.07) is 0. The van der Waals surface area contributed by atoms with E-state index in [2.05, 4.69) is 0 Å². The maximum atomic E-state index is 12.5. The highest BCUT2D eigenvalue weighted by Gasteiger charge is 2.24. The van der Waals surface area contributed by atoms with Gasteiger partial charge in [0, 0.05) is 0 Å². The summed E-state index contributed by atoms with van der Waals surface area (Å²) in [6.45, 7) is 12.7. The molecule has 0 fully saturated rings. The van der Waals surface area contributed by atoms with Gasteiger partial charge in [0.2, 0.25) is 0 Å². The molecule has 0 aliphatic carbocycles. The molecule has 0 radical (unpaired) electrons. The van der Waals surface area contributed by atoms with Crippen molar-refractivity contribution in [3.05, 3.63) is 23.3 Å². The number of allylic oxidation sites excluding steroid dienone is 2. The highest BCUT2D eigenvalue weighted by molar-refractivity contribution is 6.07. The molecule has 4 nitrogen and oxygen atoms in total. The summed E-state index contributed by atoms with van der Waals surface area (Å²) >= 11 is 0. The first-order valence-electron chi connectivity index (χ1n) is 9.11. The summed E-state index contributed by atoms with van der Waals surface area (Å²) in [4.78, 5) is 24.9. The fraction of sp³-hybridized carbons (Fsp3) is 0.700. The number of ether oxygens (including phenoxy) is 2. The Morgan fingerprint density at radius 1 is 0.750 bits per heavy atom. The van der Waals surface area contributed by atoms with Crippen molar-refractivity contribution in [2.24, 2.45) is 11.8 Å². The molecular weight excluding hydrogens is 304 g/mol. The number of unbranched alkanes of at least 4 members (excludes halogenated alkanes) is 2. The van der Waals surface area contributed by atoms with E-state index in [1.165, 1.54) is 0 Å². The van der Waals surface area contributed by atoms with Crippen LogP contribution in [0.15, 0.2) is 23.3 Å². The van der Waals surface area contributed by atoms with Gasteiger partial charge in [0.1, 0.15) is 0 Å². The maximum absolute atomic E-state index is 12.5. The van der Waals surface area contributed by atoms with E-state index < -0.39 is 11.9 Å². The fourth-order valence-electron chi connectivity index (χ4n) is 1.98. The first kappa shape index (κ1) is 22.4. The number of hydrogen-bond donors (Lipinski definition) is 0. The van der Waals surface area contributed by atoms with Crippen LogP contribution in [-0.2, 0) is 19.1 Å². The van der Waals surface area contributed by atoms with Gasteiger partial charge in [-0.2, -0.15) is 0 Å². The third kappa shape index (κ3) is 9.53.